The first-order chi connectivity index (χ1) is 16.7. The molecule has 2 aromatic carbocycles. The molecular formula is C25H26N2O7S. The van der Waals surface area contributed by atoms with Gasteiger partial charge >= 0.3 is 5.97 Å². The summed E-state index contributed by atoms with van der Waals surface area (Å²) in [5.74, 6) is -0.865. The zero-order chi connectivity index (χ0) is 25.5. The predicted octanol–water partition coefficient (Wildman–Crippen LogP) is 3.93. The number of ether oxygens (including phenoxy) is 3. The molecular weight excluding hydrogens is 472 g/mol. The maximum absolute atomic E-state index is 12.8. The number of hydrogen-bond acceptors (Lipinski definition) is 8. The fourth-order valence-corrected chi connectivity index (χ4v) is 4.02. The number of carbonyl (C=O) groups excluding carboxylic acids is 4. The largest absolute Gasteiger partial charge is 0.493 e. The molecule has 10 heteroatoms. The van der Waals surface area contributed by atoms with Crippen molar-refractivity contribution in [2.24, 2.45) is 0 Å². The van der Waals surface area contributed by atoms with E-state index in [1.807, 2.05) is 26.0 Å². The SMILES string of the molecule is CCOC(=O)COc1ccc(/C=C2/SC(=O)N(CC(=O)Nc3ccc(C)c(C)c3)C2=O)cc1OC. The zero-order valence-electron chi connectivity index (χ0n) is 19.9. The van der Waals surface area contributed by atoms with Crippen molar-refractivity contribution in [1.82, 2.24) is 4.90 Å². The van der Waals surface area contributed by atoms with Gasteiger partial charge in [0.2, 0.25) is 5.91 Å². The Bertz CT molecular complexity index is 1190. The molecule has 1 aliphatic heterocycles. The number of thioether (sulfide) groups is 1. The molecule has 0 bridgehead atoms. The van der Waals surface area contributed by atoms with E-state index < -0.39 is 23.0 Å². The topological polar surface area (TPSA) is 111 Å². The summed E-state index contributed by atoms with van der Waals surface area (Å²) in [4.78, 5) is 50.2. The highest BCUT2D eigenvalue weighted by molar-refractivity contribution is 8.18. The van der Waals surface area contributed by atoms with Gasteiger partial charge in [-0.1, -0.05) is 12.1 Å². The van der Waals surface area contributed by atoms with Crippen molar-refractivity contribution >= 4 is 46.5 Å². The van der Waals surface area contributed by atoms with Crippen LogP contribution in [0.15, 0.2) is 41.3 Å². The van der Waals surface area contributed by atoms with E-state index in [0.717, 1.165) is 27.8 Å². The second-order valence-electron chi connectivity index (χ2n) is 7.62. The molecule has 9 nitrogen and oxygen atoms in total. The maximum atomic E-state index is 12.8. The number of imide groups is 1. The lowest BCUT2D eigenvalue weighted by atomic mass is 10.1. The lowest BCUT2D eigenvalue weighted by Crippen LogP contribution is -2.36. The molecule has 1 heterocycles. The number of hydrogen-bond donors (Lipinski definition) is 1. The third-order valence-electron chi connectivity index (χ3n) is 5.10. The van der Waals surface area contributed by atoms with Crippen LogP contribution in [-0.4, -0.2) is 54.8 Å². The Morgan fingerprint density at radius 1 is 1.06 bits per heavy atom. The van der Waals surface area contributed by atoms with Crippen molar-refractivity contribution in [3.63, 3.8) is 0 Å². The number of amides is 3. The molecule has 0 aliphatic carbocycles. The van der Waals surface area contributed by atoms with E-state index in [9.17, 15) is 19.2 Å². The molecule has 3 amide bonds. The average molecular weight is 499 g/mol. The quantitative estimate of drug-likeness (QED) is 0.409. The van der Waals surface area contributed by atoms with Gasteiger partial charge in [0.1, 0.15) is 6.54 Å². The molecule has 1 aliphatic rings. The van der Waals surface area contributed by atoms with Gasteiger partial charge in [-0.2, -0.15) is 0 Å². The molecule has 0 radical (unpaired) electrons. The Hall–Kier alpha value is -3.79. The lowest BCUT2D eigenvalue weighted by Gasteiger charge is -2.13. The van der Waals surface area contributed by atoms with Crippen LogP contribution in [0.5, 0.6) is 11.5 Å². The number of aryl methyl sites for hydroxylation is 2. The highest BCUT2D eigenvalue weighted by Crippen LogP contribution is 2.34. The summed E-state index contributed by atoms with van der Waals surface area (Å²) in [5.41, 5.74) is 3.28. The summed E-state index contributed by atoms with van der Waals surface area (Å²) in [6, 6.07) is 10.3. The molecule has 0 aromatic heterocycles. The van der Waals surface area contributed by atoms with Crippen molar-refractivity contribution in [2.75, 3.05) is 32.2 Å². The van der Waals surface area contributed by atoms with Gasteiger partial charge < -0.3 is 19.5 Å². The second-order valence-corrected chi connectivity index (χ2v) is 8.61. The minimum atomic E-state index is -0.558. The molecule has 1 saturated heterocycles. The smallest absolute Gasteiger partial charge is 0.344 e. The number of rotatable bonds is 9. The number of methoxy groups -OCH3 is 1. The first-order valence-corrected chi connectivity index (χ1v) is 11.6. The minimum absolute atomic E-state index is 0.177. The summed E-state index contributed by atoms with van der Waals surface area (Å²) in [6.07, 6.45) is 1.53. The molecule has 184 valence electrons. The van der Waals surface area contributed by atoms with Gasteiger partial charge in [0, 0.05) is 5.69 Å². The van der Waals surface area contributed by atoms with E-state index in [2.05, 4.69) is 5.32 Å². The number of nitrogens with one attached hydrogen (secondary N) is 1. The number of esters is 1. The number of carbonyl (C=O) groups is 4. The van der Waals surface area contributed by atoms with Crippen LogP contribution < -0.4 is 14.8 Å². The summed E-state index contributed by atoms with van der Waals surface area (Å²) in [5, 5.41) is 2.18. The lowest BCUT2D eigenvalue weighted by molar-refractivity contribution is -0.145. The highest BCUT2D eigenvalue weighted by atomic mass is 32.2. The fraction of sp³-hybridized carbons (Fsp3) is 0.280. The fourth-order valence-electron chi connectivity index (χ4n) is 3.18. The Kier molecular flexibility index (Phi) is 8.53. The maximum Gasteiger partial charge on any atom is 0.344 e. The Balaban J connectivity index is 1.67. The molecule has 0 unspecified atom stereocenters. The van der Waals surface area contributed by atoms with Crippen molar-refractivity contribution in [3.8, 4) is 11.5 Å². The van der Waals surface area contributed by atoms with Gasteiger partial charge in [-0.15, -0.1) is 0 Å². The first-order valence-electron chi connectivity index (χ1n) is 10.8. The van der Waals surface area contributed by atoms with Crippen LogP contribution in [0.4, 0.5) is 10.5 Å². The molecule has 2 aromatic rings. The summed E-state index contributed by atoms with van der Waals surface area (Å²) in [7, 11) is 1.44. The van der Waals surface area contributed by atoms with Gasteiger partial charge in [0.05, 0.1) is 18.6 Å². The van der Waals surface area contributed by atoms with E-state index in [1.54, 1.807) is 31.2 Å². The van der Waals surface area contributed by atoms with Crippen LogP contribution in [0.25, 0.3) is 6.08 Å². The Morgan fingerprint density at radius 3 is 2.51 bits per heavy atom. The van der Waals surface area contributed by atoms with E-state index in [0.29, 0.717) is 22.7 Å². The second kappa shape index (κ2) is 11.6. The summed E-state index contributed by atoms with van der Waals surface area (Å²) < 4.78 is 15.6. The zero-order valence-corrected chi connectivity index (χ0v) is 20.7. The molecule has 0 atom stereocenters. The molecule has 0 spiro atoms. The van der Waals surface area contributed by atoms with Gasteiger partial charge in [0.25, 0.3) is 11.1 Å². The number of nitrogens with zero attached hydrogens (tertiary/aromatic N) is 1. The van der Waals surface area contributed by atoms with Crippen LogP contribution in [0.3, 0.4) is 0 Å². The van der Waals surface area contributed by atoms with E-state index >= 15 is 0 Å². The van der Waals surface area contributed by atoms with E-state index in [1.165, 1.54) is 13.2 Å². The highest BCUT2D eigenvalue weighted by Gasteiger charge is 2.36. The number of benzene rings is 2. The van der Waals surface area contributed by atoms with E-state index in [-0.39, 0.29) is 24.7 Å². The average Bonchev–Trinajstić information content (AvgIpc) is 3.07. The summed E-state index contributed by atoms with van der Waals surface area (Å²) in [6.45, 7) is 5.19. The van der Waals surface area contributed by atoms with E-state index in [4.69, 9.17) is 14.2 Å². The standard InChI is InChI=1S/C25H26N2O7S/c1-5-33-23(29)14-34-19-9-7-17(11-20(19)32-4)12-21-24(30)27(25(31)35-21)13-22(28)26-18-8-6-15(2)16(3)10-18/h6-12H,5,13-14H2,1-4H3,(H,26,28)/b21-12+. The van der Waals surface area contributed by atoms with Crippen LogP contribution >= 0.6 is 11.8 Å². The van der Waals surface area contributed by atoms with Crippen LogP contribution in [0.2, 0.25) is 0 Å². The van der Waals surface area contributed by atoms with Crippen LogP contribution in [0, 0.1) is 13.8 Å². The predicted molar refractivity (Wildman–Crippen MR) is 132 cm³/mol. The monoisotopic (exact) mass is 498 g/mol. The Morgan fingerprint density at radius 2 is 1.83 bits per heavy atom. The molecule has 1 fully saturated rings. The van der Waals surface area contributed by atoms with Crippen molar-refractivity contribution in [3.05, 3.63) is 58.0 Å². The van der Waals surface area contributed by atoms with Gasteiger partial charge in [-0.3, -0.25) is 19.3 Å². The normalized spacial score (nSPS) is 14.3. The summed E-state index contributed by atoms with van der Waals surface area (Å²) >= 11 is 0.752. The first kappa shape index (κ1) is 25.8. The van der Waals surface area contributed by atoms with Crippen molar-refractivity contribution < 1.29 is 33.4 Å². The van der Waals surface area contributed by atoms with Crippen molar-refractivity contribution in [1.29, 1.82) is 0 Å². The Labute approximate surface area is 207 Å². The van der Waals surface area contributed by atoms with Gasteiger partial charge in [-0.25, -0.2) is 4.79 Å². The van der Waals surface area contributed by atoms with Gasteiger partial charge in [-0.05, 0) is 79.6 Å². The van der Waals surface area contributed by atoms with Crippen LogP contribution in [-0.2, 0) is 19.1 Å². The van der Waals surface area contributed by atoms with Crippen LogP contribution in [0.1, 0.15) is 23.6 Å². The molecule has 3 rings (SSSR count). The minimum Gasteiger partial charge on any atom is -0.493 e. The number of anilines is 1. The third-order valence-corrected chi connectivity index (χ3v) is 6.01. The molecule has 0 saturated carbocycles. The molecule has 1 N–H and O–H groups in total. The molecule has 35 heavy (non-hydrogen) atoms. The van der Waals surface area contributed by atoms with Gasteiger partial charge in [0.15, 0.2) is 18.1 Å². The third kappa shape index (κ3) is 6.63. The van der Waals surface area contributed by atoms with Crippen molar-refractivity contribution in [2.45, 2.75) is 20.8 Å².